The number of nitrogens with one attached hydrogen (secondary N) is 1. The molecule has 24 heavy (non-hydrogen) atoms. The summed E-state index contributed by atoms with van der Waals surface area (Å²) in [5, 5.41) is 7.31. The molecule has 0 atom stereocenters. The summed E-state index contributed by atoms with van der Waals surface area (Å²) in [6, 6.07) is 16.8. The van der Waals surface area contributed by atoms with Crippen molar-refractivity contribution in [1.82, 2.24) is 10.5 Å². The van der Waals surface area contributed by atoms with Crippen molar-refractivity contribution in [3.8, 4) is 11.3 Å². The fraction of sp³-hybridized carbons (Fsp3) is 0.111. The molecule has 0 spiro atoms. The number of carbonyl (C=O) groups is 1. The average Bonchev–Trinajstić information content (AvgIpc) is 3.05. The molecule has 0 saturated carbocycles. The molecule has 4 nitrogen and oxygen atoms in total. The first-order valence-corrected chi connectivity index (χ1v) is 8.54. The Morgan fingerprint density at radius 2 is 1.96 bits per heavy atom. The van der Waals surface area contributed by atoms with Gasteiger partial charge in [0.1, 0.15) is 0 Å². The second-order valence-corrected chi connectivity index (χ2v) is 6.57. The molecule has 0 unspecified atom stereocenters. The van der Waals surface area contributed by atoms with Crippen molar-refractivity contribution in [3.63, 3.8) is 0 Å². The zero-order valence-corrected chi connectivity index (χ0v) is 15.0. The molecule has 3 rings (SSSR count). The van der Waals surface area contributed by atoms with Crippen LogP contribution in [-0.2, 0) is 6.42 Å². The topological polar surface area (TPSA) is 55.1 Å². The molecule has 0 saturated heterocycles. The minimum atomic E-state index is -0.256. The second kappa shape index (κ2) is 7.64. The number of halogens is 2. The average molecular weight is 406 g/mol. The van der Waals surface area contributed by atoms with Crippen LogP contribution >= 0.6 is 27.5 Å². The number of amides is 1. The van der Waals surface area contributed by atoms with E-state index in [0.717, 1.165) is 22.0 Å². The van der Waals surface area contributed by atoms with E-state index in [2.05, 4.69) is 26.4 Å². The number of benzene rings is 2. The maximum Gasteiger partial charge on any atom is 0.273 e. The van der Waals surface area contributed by atoms with Crippen LogP contribution in [0.1, 0.15) is 16.1 Å². The number of nitrogens with zero attached hydrogens (tertiary/aromatic N) is 1. The molecule has 2 aromatic carbocycles. The molecule has 0 bridgehead atoms. The lowest BCUT2D eigenvalue weighted by Crippen LogP contribution is -2.25. The number of rotatable bonds is 5. The van der Waals surface area contributed by atoms with E-state index in [0.29, 0.717) is 17.3 Å². The van der Waals surface area contributed by atoms with E-state index in [1.165, 1.54) is 0 Å². The molecule has 0 fully saturated rings. The van der Waals surface area contributed by atoms with Crippen LogP contribution in [0.2, 0.25) is 5.02 Å². The van der Waals surface area contributed by atoms with Gasteiger partial charge in [-0.1, -0.05) is 44.8 Å². The third-order valence-electron chi connectivity index (χ3n) is 3.46. The fourth-order valence-electron chi connectivity index (χ4n) is 2.24. The number of hydrogen-bond donors (Lipinski definition) is 1. The third kappa shape index (κ3) is 4.24. The highest BCUT2D eigenvalue weighted by Gasteiger charge is 2.13. The Bertz CT molecular complexity index is 846. The van der Waals surface area contributed by atoms with Crippen molar-refractivity contribution >= 4 is 33.4 Å². The largest absolute Gasteiger partial charge is 0.355 e. The van der Waals surface area contributed by atoms with Crippen molar-refractivity contribution in [3.05, 3.63) is 75.4 Å². The summed E-state index contributed by atoms with van der Waals surface area (Å²) in [5.74, 6) is 0.276. The number of carbonyl (C=O) groups excluding carboxylic acids is 1. The second-order valence-electron chi connectivity index (χ2n) is 5.22. The van der Waals surface area contributed by atoms with Crippen LogP contribution in [0, 0.1) is 0 Å². The number of aromatic nitrogens is 1. The van der Waals surface area contributed by atoms with Crippen LogP contribution < -0.4 is 5.32 Å². The minimum absolute atomic E-state index is 0.256. The van der Waals surface area contributed by atoms with Gasteiger partial charge in [-0.2, -0.15) is 0 Å². The maximum absolute atomic E-state index is 12.1. The van der Waals surface area contributed by atoms with E-state index >= 15 is 0 Å². The summed E-state index contributed by atoms with van der Waals surface area (Å²) < 4.78 is 6.26. The molecule has 3 aromatic rings. The van der Waals surface area contributed by atoms with Crippen LogP contribution in [0.15, 0.2) is 63.6 Å². The molecule has 1 amide bonds. The number of hydrogen-bond acceptors (Lipinski definition) is 3. The lowest BCUT2D eigenvalue weighted by Gasteiger charge is -2.03. The van der Waals surface area contributed by atoms with Gasteiger partial charge in [0.25, 0.3) is 5.91 Å². The zero-order chi connectivity index (χ0) is 16.9. The Balaban J connectivity index is 1.58. The van der Waals surface area contributed by atoms with Gasteiger partial charge >= 0.3 is 0 Å². The van der Waals surface area contributed by atoms with E-state index in [1.807, 2.05) is 36.4 Å². The maximum atomic E-state index is 12.1. The normalized spacial score (nSPS) is 10.6. The van der Waals surface area contributed by atoms with Crippen molar-refractivity contribution in [2.24, 2.45) is 0 Å². The Morgan fingerprint density at radius 3 is 2.71 bits per heavy atom. The fourth-order valence-corrected chi connectivity index (χ4v) is 2.81. The van der Waals surface area contributed by atoms with Crippen LogP contribution in [0.25, 0.3) is 11.3 Å². The summed E-state index contributed by atoms with van der Waals surface area (Å²) in [5.41, 5.74) is 2.22. The predicted octanol–water partition coefficient (Wildman–Crippen LogP) is 4.73. The van der Waals surface area contributed by atoms with Crippen LogP contribution in [0.4, 0.5) is 0 Å². The van der Waals surface area contributed by atoms with Gasteiger partial charge in [-0.25, -0.2) is 0 Å². The van der Waals surface area contributed by atoms with Crippen molar-refractivity contribution in [1.29, 1.82) is 0 Å². The first-order valence-electron chi connectivity index (χ1n) is 7.37. The van der Waals surface area contributed by atoms with E-state index in [9.17, 15) is 4.79 Å². The zero-order valence-electron chi connectivity index (χ0n) is 12.6. The van der Waals surface area contributed by atoms with Gasteiger partial charge < -0.3 is 9.84 Å². The summed E-state index contributed by atoms with van der Waals surface area (Å²) in [4.78, 5) is 12.1. The van der Waals surface area contributed by atoms with E-state index in [1.54, 1.807) is 18.2 Å². The lowest BCUT2D eigenvalue weighted by atomic mass is 10.1. The third-order valence-corrected chi connectivity index (χ3v) is 4.21. The Hall–Kier alpha value is -2.11. The molecule has 0 aliphatic heterocycles. The van der Waals surface area contributed by atoms with Gasteiger partial charge in [-0.05, 0) is 48.4 Å². The molecule has 0 radical (unpaired) electrons. The van der Waals surface area contributed by atoms with Gasteiger partial charge in [-0.3, -0.25) is 4.79 Å². The van der Waals surface area contributed by atoms with Crippen molar-refractivity contribution < 1.29 is 9.32 Å². The standard InChI is InChI=1S/C18H14BrClN2O2/c19-14-3-1-2-12(10-14)8-9-21-18(23)16-11-17(24-22-16)13-4-6-15(20)7-5-13/h1-7,10-11H,8-9H2,(H,21,23). The van der Waals surface area contributed by atoms with Crippen LogP contribution in [0.5, 0.6) is 0 Å². The molecule has 1 heterocycles. The molecular weight excluding hydrogens is 392 g/mol. The summed E-state index contributed by atoms with van der Waals surface area (Å²) in [6.07, 6.45) is 0.743. The van der Waals surface area contributed by atoms with Gasteiger partial charge in [0, 0.05) is 27.7 Å². The van der Waals surface area contributed by atoms with E-state index < -0.39 is 0 Å². The van der Waals surface area contributed by atoms with Gasteiger partial charge in [0.05, 0.1) is 0 Å². The van der Waals surface area contributed by atoms with Crippen molar-refractivity contribution in [2.75, 3.05) is 6.54 Å². The molecule has 0 aliphatic carbocycles. The SMILES string of the molecule is O=C(NCCc1cccc(Br)c1)c1cc(-c2ccc(Cl)cc2)on1. The Morgan fingerprint density at radius 1 is 1.17 bits per heavy atom. The lowest BCUT2D eigenvalue weighted by molar-refractivity contribution is 0.0945. The first kappa shape index (κ1) is 16.7. The smallest absolute Gasteiger partial charge is 0.273 e. The van der Waals surface area contributed by atoms with Gasteiger partial charge in [-0.15, -0.1) is 0 Å². The summed E-state index contributed by atoms with van der Waals surface area (Å²) in [7, 11) is 0. The quantitative estimate of drug-likeness (QED) is 0.667. The van der Waals surface area contributed by atoms with Crippen LogP contribution in [-0.4, -0.2) is 17.6 Å². The first-order chi connectivity index (χ1) is 11.6. The van der Waals surface area contributed by atoms with Crippen LogP contribution in [0.3, 0.4) is 0 Å². The molecule has 6 heteroatoms. The highest BCUT2D eigenvalue weighted by molar-refractivity contribution is 9.10. The van der Waals surface area contributed by atoms with Gasteiger partial charge in [0.2, 0.25) is 0 Å². The van der Waals surface area contributed by atoms with Gasteiger partial charge in [0.15, 0.2) is 11.5 Å². The molecular formula is C18H14BrClN2O2. The highest BCUT2D eigenvalue weighted by Crippen LogP contribution is 2.22. The minimum Gasteiger partial charge on any atom is -0.355 e. The predicted molar refractivity (Wildman–Crippen MR) is 97.1 cm³/mol. The monoisotopic (exact) mass is 404 g/mol. The summed E-state index contributed by atoms with van der Waals surface area (Å²) >= 11 is 9.29. The summed E-state index contributed by atoms with van der Waals surface area (Å²) in [6.45, 7) is 0.526. The van der Waals surface area contributed by atoms with E-state index in [4.69, 9.17) is 16.1 Å². The highest BCUT2D eigenvalue weighted by atomic mass is 79.9. The van der Waals surface area contributed by atoms with Crippen molar-refractivity contribution in [2.45, 2.75) is 6.42 Å². The molecule has 1 N–H and O–H groups in total. The molecule has 0 aliphatic rings. The Labute approximate surface area is 152 Å². The molecule has 1 aromatic heterocycles. The molecule has 122 valence electrons. The Kier molecular flexibility index (Phi) is 5.33. The van der Waals surface area contributed by atoms with E-state index in [-0.39, 0.29) is 11.6 Å².